The van der Waals surface area contributed by atoms with E-state index >= 15 is 0 Å². The SMILES string of the molecule is COc1cc(C=C2SC(=S)N(Cc3cccnc3)C2=O)cc(Br)c1O. The number of aromatic hydroxyl groups is 1. The number of phenolic OH excluding ortho intramolecular Hbond substituents is 1. The number of halogens is 1. The van der Waals surface area contributed by atoms with E-state index in [0.29, 0.717) is 26.0 Å². The number of carbonyl (C=O) groups is 1. The second kappa shape index (κ2) is 7.55. The molecular formula is C17H13BrN2O3S2. The van der Waals surface area contributed by atoms with Crippen molar-refractivity contribution in [2.75, 3.05) is 7.11 Å². The Morgan fingerprint density at radius 1 is 1.48 bits per heavy atom. The van der Waals surface area contributed by atoms with Crippen molar-refractivity contribution in [1.29, 1.82) is 0 Å². The minimum Gasteiger partial charge on any atom is -0.503 e. The first-order valence-electron chi connectivity index (χ1n) is 7.20. The van der Waals surface area contributed by atoms with Crippen molar-refractivity contribution < 1.29 is 14.6 Å². The van der Waals surface area contributed by atoms with Crippen molar-refractivity contribution in [1.82, 2.24) is 9.88 Å². The molecule has 1 amide bonds. The maximum Gasteiger partial charge on any atom is 0.266 e. The van der Waals surface area contributed by atoms with Gasteiger partial charge in [-0.3, -0.25) is 14.7 Å². The maximum absolute atomic E-state index is 12.7. The van der Waals surface area contributed by atoms with Crippen LogP contribution >= 0.6 is 39.9 Å². The molecule has 1 aromatic carbocycles. The average molecular weight is 437 g/mol. The first-order valence-corrected chi connectivity index (χ1v) is 9.22. The Balaban J connectivity index is 1.87. The number of ether oxygens (including phenoxy) is 1. The van der Waals surface area contributed by atoms with Crippen LogP contribution in [0.2, 0.25) is 0 Å². The van der Waals surface area contributed by atoms with Crippen LogP contribution in [0.25, 0.3) is 6.08 Å². The molecule has 2 heterocycles. The Bertz CT molecular complexity index is 872. The number of carbonyl (C=O) groups excluding carboxylic acids is 1. The maximum atomic E-state index is 12.7. The summed E-state index contributed by atoms with van der Waals surface area (Å²) in [5.41, 5.74) is 1.64. The zero-order valence-corrected chi connectivity index (χ0v) is 16.3. The van der Waals surface area contributed by atoms with E-state index < -0.39 is 0 Å². The second-order valence-corrected chi connectivity index (χ2v) is 7.71. The third-order valence-electron chi connectivity index (χ3n) is 3.51. The van der Waals surface area contributed by atoms with Gasteiger partial charge in [-0.2, -0.15) is 0 Å². The van der Waals surface area contributed by atoms with Crippen molar-refractivity contribution in [3.63, 3.8) is 0 Å². The van der Waals surface area contributed by atoms with Gasteiger partial charge in [0.2, 0.25) is 0 Å². The Morgan fingerprint density at radius 2 is 2.28 bits per heavy atom. The van der Waals surface area contributed by atoms with Gasteiger partial charge in [0.05, 0.1) is 23.0 Å². The van der Waals surface area contributed by atoms with Crippen LogP contribution in [0.1, 0.15) is 11.1 Å². The topological polar surface area (TPSA) is 62.7 Å². The summed E-state index contributed by atoms with van der Waals surface area (Å²) in [6.45, 7) is 0.387. The number of nitrogens with zero attached hydrogens (tertiary/aromatic N) is 2. The number of hydrogen-bond donors (Lipinski definition) is 1. The summed E-state index contributed by atoms with van der Waals surface area (Å²) >= 11 is 9.86. The molecule has 0 aliphatic carbocycles. The predicted molar refractivity (Wildman–Crippen MR) is 105 cm³/mol. The highest BCUT2D eigenvalue weighted by molar-refractivity contribution is 9.10. The highest BCUT2D eigenvalue weighted by atomic mass is 79.9. The molecule has 0 spiro atoms. The molecule has 8 heteroatoms. The van der Waals surface area contributed by atoms with Gasteiger partial charge in [-0.15, -0.1) is 0 Å². The van der Waals surface area contributed by atoms with Gasteiger partial charge in [0, 0.05) is 12.4 Å². The molecule has 0 radical (unpaired) electrons. The van der Waals surface area contributed by atoms with Crippen LogP contribution in [0.3, 0.4) is 0 Å². The standard InChI is InChI=1S/C17H13BrN2O3S2/c1-23-13-6-11(5-12(18)15(13)21)7-14-16(22)20(17(24)25-14)9-10-3-2-4-19-8-10/h2-8,21H,9H2,1H3. The third-order valence-corrected chi connectivity index (χ3v) is 5.49. The molecule has 1 aliphatic heterocycles. The number of rotatable bonds is 4. The smallest absolute Gasteiger partial charge is 0.266 e. The fraction of sp³-hybridized carbons (Fsp3) is 0.118. The number of phenols is 1. The van der Waals surface area contributed by atoms with E-state index in [0.717, 1.165) is 11.1 Å². The van der Waals surface area contributed by atoms with E-state index in [2.05, 4.69) is 20.9 Å². The minimum atomic E-state index is -0.151. The first kappa shape index (κ1) is 17.9. The van der Waals surface area contributed by atoms with E-state index in [9.17, 15) is 9.90 Å². The number of amides is 1. The summed E-state index contributed by atoms with van der Waals surface area (Å²) in [7, 11) is 1.47. The molecule has 0 bridgehead atoms. The molecule has 0 unspecified atom stereocenters. The normalized spacial score (nSPS) is 15.9. The van der Waals surface area contributed by atoms with Gasteiger partial charge in [-0.25, -0.2) is 0 Å². The fourth-order valence-electron chi connectivity index (χ4n) is 2.29. The molecular weight excluding hydrogens is 424 g/mol. The molecule has 5 nitrogen and oxygen atoms in total. The lowest BCUT2D eigenvalue weighted by Crippen LogP contribution is -2.27. The van der Waals surface area contributed by atoms with Gasteiger partial charge in [0.1, 0.15) is 4.32 Å². The number of thioether (sulfide) groups is 1. The second-order valence-electron chi connectivity index (χ2n) is 5.18. The zero-order chi connectivity index (χ0) is 18.0. The van der Waals surface area contributed by atoms with Gasteiger partial charge in [-0.1, -0.05) is 30.0 Å². The van der Waals surface area contributed by atoms with E-state index in [1.807, 2.05) is 12.1 Å². The number of methoxy groups -OCH3 is 1. The predicted octanol–water partition coefficient (Wildman–Crippen LogP) is 3.96. The molecule has 0 saturated carbocycles. The summed E-state index contributed by atoms with van der Waals surface area (Å²) < 4.78 is 6.13. The van der Waals surface area contributed by atoms with Crippen molar-refractivity contribution in [3.8, 4) is 11.5 Å². The largest absolute Gasteiger partial charge is 0.503 e. The summed E-state index contributed by atoms with van der Waals surface area (Å²) in [5.74, 6) is 0.192. The summed E-state index contributed by atoms with van der Waals surface area (Å²) in [6, 6.07) is 7.10. The monoisotopic (exact) mass is 436 g/mol. The molecule has 25 heavy (non-hydrogen) atoms. The van der Waals surface area contributed by atoms with Gasteiger partial charge in [0.15, 0.2) is 11.5 Å². The molecule has 1 aromatic heterocycles. The molecule has 2 aromatic rings. The van der Waals surface area contributed by atoms with Crippen LogP contribution in [0, 0.1) is 0 Å². The Kier molecular flexibility index (Phi) is 5.41. The lowest BCUT2D eigenvalue weighted by Gasteiger charge is -2.13. The van der Waals surface area contributed by atoms with Crippen LogP contribution in [0.15, 0.2) is 46.0 Å². The quantitative estimate of drug-likeness (QED) is 0.577. The molecule has 1 aliphatic rings. The van der Waals surface area contributed by atoms with Crippen molar-refractivity contribution >= 4 is 56.2 Å². The van der Waals surface area contributed by atoms with Crippen LogP contribution in [-0.4, -0.2) is 32.3 Å². The molecule has 1 N–H and O–H groups in total. The molecule has 0 atom stereocenters. The number of hydrogen-bond acceptors (Lipinski definition) is 6. The Hall–Kier alpha value is -1.90. The third kappa shape index (κ3) is 3.86. The van der Waals surface area contributed by atoms with E-state index in [1.54, 1.807) is 35.5 Å². The Morgan fingerprint density at radius 3 is 2.96 bits per heavy atom. The van der Waals surface area contributed by atoms with E-state index in [4.69, 9.17) is 17.0 Å². The van der Waals surface area contributed by atoms with Gasteiger partial charge >= 0.3 is 0 Å². The lowest BCUT2D eigenvalue weighted by atomic mass is 10.2. The highest BCUT2D eigenvalue weighted by Crippen LogP contribution is 2.38. The van der Waals surface area contributed by atoms with Crippen LogP contribution < -0.4 is 4.74 Å². The molecule has 1 saturated heterocycles. The average Bonchev–Trinajstić information content (AvgIpc) is 2.86. The summed E-state index contributed by atoms with van der Waals surface area (Å²) in [5, 5.41) is 9.88. The van der Waals surface area contributed by atoms with Crippen LogP contribution in [-0.2, 0) is 11.3 Å². The van der Waals surface area contributed by atoms with Crippen LogP contribution in [0.5, 0.6) is 11.5 Å². The highest BCUT2D eigenvalue weighted by Gasteiger charge is 2.32. The molecule has 128 valence electrons. The van der Waals surface area contributed by atoms with Gasteiger partial charge < -0.3 is 9.84 Å². The van der Waals surface area contributed by atoms with Crippen LogP contribution in [0.4, 0.5) is 0 Å². The summed E-state index contributed by atoms with van der Waals surface area (Å²) in [4.78, 5) is 18.8. The first-order chi connectivity index (χ1) is 12.0. The van der Waals surface area contributed by atoms with Gasteiger partial charge in [-0.05, 0) is 51.3 Å². The number of thiocarbonyl (C=S) groups is 1. The number of pyridine rings is 1. The Labute approximate surface area is 162 Å². The molecule has 3 rings (SSSR count). The number of aromatic nitrogens is 1. The lowest BCUT2D eigenvalue weighted by molar-refractivity contribution is -0.122. The van der Waals surface area contributed by atoms with E-state index in [-0.39, 0.29) is 11.7 Å². The van der Waals surface area contributed by atoms with Crippen molar-refractivity contribution in [2.45, 2.75) is 6.54 Å². The fourth-order valence-corrected chi connectivity index (χ4v) is 4.01. The van der Waals surface area contributed by atoms with E-state index in [1.165, 1.54) is 18.9 Å². The van der Waals surface area contributed by atoms with Crippen molar-refractivity contribution in [3.05, 3.63) is 57.2 Å². The molecule has 1 fully saturated rings. The summed E-state index contributed by atoms with van der Waals surface area (Å²) in [6.07, 6.45) is 5.13. The zero-order valence-electron chi connectivity index (χ0n) is 13.1. The van der Waals surface area contributed by atoms with Crippen molar-refractivity contribution in [2.24, 2.45) is 0 Å². The minimum absolute atomic E-state index is 0.0174. The number of benzene rings is 1. The van der Waals surface area contributed by atoms with Gasteiger partial charge in [0.25, 0.3) is 5.91 Å².